The van der Waals surface area contributed by atoms with Gasteiger partial charge in [0.25, 0.3) is 0 Å². The van der Waals surface area contributed by atoms with Crippen molar-refractivity contribution in [1.29, 1.82) is 0 Å². The topological polar surface area (TPSA) is 63.3 Å². The van der Waals surface area contributed by atoms with Gasteiger partial charge in [0.15, 0.2) is 11.5 Å². The predicted octanol–water partition coefficient (Wildman–Crippen LogP) is 3.73. The summed E-state index contributed by atoms with van der Waals surface area (Å²) in [6.07, 6.45) is -4.50. The van der Waals surface area contributed by atoms with Gasteiger partial charge in [0, 0.05) is 19.6 Å². The van der Waals surface area contributed by atoms with E-state index in [1.165, 1.54) is 6.07 Å². The zero-order valence-electron chi connectivity index (χ0n) is 18.3. The summed E-state index contributed by atoms with van der Waals surface area (Å²) in [5.41, 5.74) is 0.846. The molecule has 7 nitrogen and oxygen atoms in total. The molecule has 0 unspecified atom stereocenters. The number of halogens is 3. The lowest BCUT2D eigenvalue weighted by Crippen LogP contribution is -2.37. The Morgan fingerprint density at radius 2 is 1.85 bits per heavy atom. The molecule has 1 amide bonds. The Kier molecular flexibility index (Phi) is 6.94. The zero-order chi connectivity index (χ0) is 23.4. The van der Waals surface area contributed by atoms with Crippen LogP contribution >= 0.6 is 0 Å². The molecule has 10 heteroatoms. The van der Waals surface area contributed by atoms with Gasteiger partial charge >= 0.3 is 6.18 Å². The van der Waals surface area contributed by atoms with Crippen LogP contribution < -0.4 is 19.7 Å². The molecule has 2 heterocycles. The number of carbonyl (C=O) groups is 1. The number of nitrogens with one attached hydrogen (secondary N) is 1. The van der Waals surface area contributed by atoms with Gasteiger partial charge < -0.3 is 24.4 Å². The minimum atomic E-state index is -4.50. The van der Waals surface area contributed by atoms with Crippen molar-refractivity contribution in [3.63, 3.8) is 0 Å². The first-order valence-electron chi connectivity index (χ1n) is 10.8. The molecule has 4 rings (SSSR count). The van der Waals surface area contributed by atoms with Crippen molar-refractivity contribution in [3.8, 4) is 11.5 Å². The maximum absolute atomic E-state index is 13.3. The molecule has 2 aromatic rings. The molecular formula is C23H26F3N3O4. The average molecular weight is 465 g/mol. The summed E-state index contributed by atoms with van der Waals surface area (Å²) in [5, 5.41) is 2.70. The molecule has 2 aromatic carbocycles. The molecule has 0 bridgehead atoms. The summed E-state index contributed by atoms with van der Waals surface area (Å²) in [6.45, 7) is 5.24. The number of benzene rings is 2. The normalized spacial score (nSPS) is 15.7. The van der Waals surface area contributed by atoms with Crippen LogP contribution in [0.5, 0.6) is 11.5 Å². The van der Waals surface area contributed by atoms with E-state index in [4.69, 9.17) is 14.2 Å². The third-order valence-corrected chi connectivity index (χ3v) is 5.61. The number of amides is 1. The smallest absolute Gasteiger partial charge is 0.416 e. The lowest BCUT2D eigenvalue weighted by molar-refractivity contribution is -0.137. The third-order valence-electron chi connectivity index (χ3n) is 5.61. The van der Waals surface area contributed by atoms with Gasteiger partial charge in [0.05, 0.1) is 36.7 Å². The third kappa shape index (κ3) is 5.69. The molecule has 1 saturated heterocycles. The summed E-state index contributed by atoms with van der Waals surface area (Å²) < 4.78 is 56.0. The summed E-state index contributed by atoms with van der Waals surface area (Å²) >= 11 is 0. The van der Waals surface area contributed by atoms with E-state index >= 15 is 0 Å². The minimum absolute atomic E-state index is 0.0315. The molecule has 178 valence electrons. The van der Waals surface area contributed by atoms with E-state index in [1.807, 2.05) is 34.9 Å². The van der Waals surface area contributed by atoms with Gasteiger partial charge in [0.2, 0.25) is 12.7 Å². The van der Waals surface area contributed by atoms with Gasteiger partial charge in [-0.1, -0.05) is 13.0 Å². The van der Waals surface area contributed by atoms with Crippen molar-refractivity contribution in [1.82, 2.24) is 4.90 Å². The van der Waals surface area contributed by atoms with E-state index in [0.717, 1.165) is 17.7 Å². The molecule has 0 spiro atoms. The van der Waals surface area contributed by atoms with Crippen molar-refractivity contribution in [2.45, 2.75) is 19.6 Å². The molecular weight excluding hydrogens is 439 g/mol. The number of hydrogen-bond acceptors (Lipinski definition) is 6. The fourth-order valence-electron chi connectivity index (χ4n) is 3.86. The van der Waals surface area contributed by atoms with Crippen molar-refractivity contribution < 1.29 is 32.2 Å². The number of ether oxygens (including phenoxy) is 3. The van der Waals surface area contributed by atoms with Crippen LogP contribution in [0.15, 0.2) is 36.4 Å². The Hall–Kier alpha value is -2.98. The van der Waals surface area contributed by atoms with Crippen LogP contribution in [-0.4, -0.2) is 57.0 Å². The van der Waals surface area contributed by atoms with Crippen LogP contribution in [0.4, 0.5) is 24.5 Å². The maximum Gasteiger partial charge on any atom is 0.416 e. The van der Waals surface area contributed by atoms with Crippen LogP contribution in [0.2, 0.25) is 0 Å². The zero-order valence-corrected chi connectivity index (χ0v) is 18.3. The molecule has 1 fully saturated rings. The number of fused-ring (bicyclic) bond motifs is 1. The van der Waals surface area contributed by atoms with Crippen LogP contribution in [0.3, 0.4) is 0 Å². The minimum Gasteiger partial charge on any atom is -0.454 e. The number of likely N-dealkylation sites (N-methyl/N-ethyl adjacent to an activating group) is 1. The van der Waals surface area contributed by atoms with Crippen molar-refractivity contribution in [2.24, 2.45) is 0 Å². The molecule has 2 aliphatic heterocycles. The van der Waals surface area contributed by atoms with Crippen LogP contribution in [0.1, 0.15) is 18.1 Å². The number of nitrogens with zero attached hydrogens (tertiary/aromatic N) is 2. The highest BCUT2D eigenvalue weighted by molar-refractivity contribution is 5.95. The highest BCUT2D eigenvalue weighted by atomic mass is 19.4. The highest BCUT2D eigenvalue weighted by Gasteiger charge is 2.32. The van der Waals surface area contributed by atoms with E-state index in [0.29, 0.717) is 56.6 Å². The SMILES string of the molecule is CCN(CC(=O)Nc1cc(C(F)(F)F)ccc1N1CCOCC1)Cc1ccc2c(c1)OCO2. The number of carbonyl (C=O) groups excluding carboxylic acids is 1. The summed E-state index contributed by atoms with van der Waals surface area (Å²) in [5.74, 6) is 0.957. The lowest BCUT2D eigenvalue weighted by atomic mass is 10.1. The first kappa shape index (κ1) is 23.2. The second kappa shape index (κ2) is 9.88. The largest absolute Gasteiger partial charge is 0.454 e. The molecule has 2 aliphatic rings. The van der Waals surface area contributed by atoms with Gasteiger partial charge in [-0.2, -0.15) is 13.2 Å². The fraction of sp³-hybridized carbons (Fsp3) is 0.435. The molecule has 0 aliphatic carbocycles. The number of hydrogen-bond donors (Lipinski definition) is 1. The Morgan fingerprint density at radius 3 is 2.58 bits per heavy atom. The van der Waals surface area contributed by atoms with E-state index in [2.05, 4.69) is 5.32 Å². The Labute approximate surface area is 190 Å². The van der Waals surface area contributed by atoms with E-state index in [-0.39, 0.29) is 24.9 Å². The van der Waals surface area contributed by atoms with Gasteiger partial charge in [-0.3, -0.25) is 9.69 Å². The quantitative estimate of drug-likeness (QED) is 0.673. The maximum atomic E-state index is 13.3. The summed E-state index contributed by atoms with van der Waals surface area (Å²) in [6, 6.07) is 9.04. The van der Waals surface area contributed by atoms with Gasteiger partial charge in [-0.25, -0.2) is 0 Å². The average Bonchev–Trinajstić information content (AvgIpc) is 3.26. The van der Waals surface area contributed by atoms with E-state index in [1.54, 1.807) is 0 Å². The summed E-state index contributed by atoms with van der Waals surface area (Å²) in [7, 11) is 0. The first-order valence-corrected chi connectivity index (χ1v) is 10.8. The standard InChI is InChI=1S/C23H26F3N3O4/c1-2-28(13-16-3-6-20-21(11-16)33-15-32-20)14-22(30)27-18-12-17(23(24,25)26)4-5-19(18)29-7-9-31-10-8-29/h3-6,11-12H,2,7-10,13-15H2,1H3,(H,27,30). The Balaban J connectivity index is 1.47. The number of alkyl halides is 3. The van der Waals surface area contributed by atoms with Gasteiger partial charge in [0.1, 0.15) is 0 Å². The lowest BCUT2D eigenvalue weighted by Gasteiger charge is -2.31. The summed E-state index contributed by atoms with van der Waals surface area (Å²) in [4.78, 5) is 16.7. The number of rotatable bonds is 7. The van der Waals surface area contributed by atoms with E-state index < -0.39 is 11.7 Å². The van der Waals surface area contributed by atoms with Gasteiger partial charge in [-0.05, 0) is 42.4 Å². The fourth-order valence-corrected chi connectivity index (χ4v) is 3.86. The molecule has 0 atom stereocenters. The molecule has 0 saturated carbocycles. The molecule has 0 aromatic heterocycles. The first-order chi connectivity index (χ1) is 15.8. The van der Waals surface area contributed by atoms with Crippen molar-refractivity contribution in [2.75, 3.05) is 56.4 Å². The molecule has 0 radical (unpaired) electrons. The van der Waals surface area contributed by atoms with Crippen molar-refractivity contribution in [3.05, 3.63) is 47.5 Å². The van der Waals surface area contributed by atoms with Crippen molar-refractivity contribution >= 4 is 17.3 Å². The van der Waals surface area contributed by atoms with Crippen LogP contribution in [-0.2, 0) is 22.3 Å². The predicted molar refractivity (Wildman–Crippen MR) is 117 cm³/mol. The Morgan fingerprint density at radius 1 is 1.09 bits per heavy atom. The molecule has 33 heavy (non-hydrogen) atoms. The monoisotopic (exact) mass is 465 g/mol. The number of anilines is 2. The molecule has 1 N–H and O–H groups in total. The second-order valence-corrected chi connectivity index (χ2v) is 7.87. The van der Waals surface area contributed by atoms with E-state index in [9.17, 15) is 18.0 Å². The number of morpholine rings is 1. The second-order valence-electron chi connectivity index (χ2n) is 7.87. The van der Waals surface area contributed by atoms with Gasteiger partial charge in [-0.15, -0.1) is 0 Å². The van der Waals surface area contributed by atoms with Crippen LogP contribution in [0, 0.1) is 0 Å². The highest BCUT2D eigenvalue weighted by Crippen LogP contribution is 2.36. The Bertz CT molecular complexity index is 993. The van der Waals surface area contributed by atoms with Crippen LogP contribution in [0.25, 0.3) is 0 Å².